The molecular weight excluding hydrogens is 210 g/mol. The normalized spacial score (nSPS) is 20.9. The minimum atomic E-state index is 0.586. The predicted molar refractivity (Wildman–Crippen MR) is 69.5 cm³/mol. The molecule has 1 fully saturated rings. The molecule has 1 aliphatic rings. The SMILES string of the molecule is Cc1cccn2c(C)c(C3CCCNC3)nc12. The van der Waals surface area contributed by atoms with Crippen molar-refractivity contribution in [2.75, 3.05) is 13.1 Å². The van der Waals surface area contributed by atoms with E-state index in [4.69, 9.17) is 4.98 Å². The van der Waals surface area contributed by atoms with Crippen LogP contribution in [-0.2, 0) is 0 Å². The van der Waals surface area contributed by atoms with Gasteiger partial charge in [0.1, 0.15) is 5.65 Å². The summed E-state index contributed by atoms with van der Waals surface area (Å²) in [6.45, 7) is 6.54. The lowest BCUT2D eigenvalue weighted by Crippen LogP contribution is -2.28. The molecule has 0 spiro atoms. The zero-order valence-corrected chi connectivity index (χ0v) is 10.5. The summed E-state index contributed by atoms with van der Waals surface area (Å²) in [6, 6.07) is 4.23. The third kappa shape index (κ3) is 1.75. The zero-order valence-electron chi connectivity index (χ0n) is 10.5. The first-order chi connectivity index (χ1) is 8.27. The van der Waals surface area contributed by atoms with E-state index in [1.165, 1.54) is 29.8 Å². The molecule has 0 amide bonds. The number of piperidine rings is 1. The van der Waals surface area contributed by atoms with Crippen molar-refractivity contribution in [2.24, 2.45) is 0 Å². The van der Waals surface area contributed by atoms with Crippen LogP contribution in [0.2, 0.25) is 0 Å². The lowest BCUT2D eigenvalue weighted by Gasteiger charge is -2.21. The van der Waals surface area contributed by atoms with E-state index >= 15 is 0 Å². The van der Waals surface area contributed by atoms with Gasteiger partial charge >= 0.3 is 0 Å². The maximum Gasteiger partial charge on any atom is 0.140 e. The number of nitrogens with one attached hydrogen (secondary N) is 1. The van der Waals surface area contributed by atoms with Crippen molar-refractivity contribution in [3.8, 4) is 0 Å². The number of rotatable bonds is 1. The van der Waals surface area contributed by atoms with E-state index in [9.17, 15) is 0 Å². The molecule has 1 unspecified atom stereocenters. The van der Waals surface area contributed by atoms with Crippen molar-refractivity contribution < 1.29 is 0 Å². The molecule has 3 heterocycles. The second-order valence-corrected chi connectivity index (χ2v) is 5.01. The van der Waals surface area contributed by atoms with Crippen molar-refractivity contribution in [2.45, 2.75) is 32.6 Å². The average Bonchev–Trinajstić information content (AvgIpc) is 2.70. The largest absolute Gasteiger partial charge is 0.316 e. The van der Waals surface area contributed by atoms with Crippen LogP contribution < -0.4 is 5.32 Å². The number of imidazole rings is 1. The minimum Gasteiger partial charge on any atom is -0.316 e. The summed E-state index contributed by atoms with van der Waals surface area (Å²) >= 11 is 0. The Morgan fingerprint density at radius 2 is 2.29 bits per heavy atom. The molecule has 1 atom stereocenters. The highest BCUT2D eigenvalue weighted by Crippen LogP contribution is 2.26. The van der Waals surface area contributed by atoms with E-state index in [-0.39, 0.29) is 0 Å². The van der Waals surface area contributed by atoms with E-state index in [1.807, 2.05) is 0 Å². The highest BCUT2D eigenvalue weighted by Gasteiger charge is 2.21. The quantitative estimate of drug-likeness (QED) is 0.813. The molecule has 1 aliphatic heterocycles. The van der Waals surface area contributed by atoms with Crippen LogP contribution in [-0.4, -0.2) is 22.5 Å². The molecule has 0 bridgehead atoms. The summed E-state index contributed by atoms with van der Waals surface area (Å²) in [4.78, 5) is 4.86. The van der Waals surface area contributed by atoms with Gasteiger partial charge in [-0.15, -0.1) is 0 Å². The molecular formula is C14H19N3. The predicted octanol–water partition coefficient (Wildman–Crippen LogP) is 2.42. The maximum absolute atomic E-state index is 4.86. The molecule has 1 saturated heterocycles. The number of nitrogens with zero attached hydrogens (tertiary/aromatic N) is 2. The van der Waals surface area contributed by atoms with Crippen LogP contribution in [0.4, 0.5) is 0 Å². The first-order valence-corrected chi connectivity index (χ1v) is 6.42. The number of hydrogen-bond donors (Lipinski definition) is 1. The van der Waals surface area contributed by atoms with Crippen molar-refractivity contribution in [3.63, 3.8) is 0 Å². The van der Waals surface area contributed by atoms with E-state index in [0.717, 1.165) is 18.7 Å². The summed E-state index contributed by atoms with van der Waals surface area (Å²) in [6.07, 6.45) is 4.64. The smallest absolute Gasteiger partial charge is 0.140 e. The van der Waals surface area contributed by atoms with Gasteiger partial charge in [-0.3, -0.25) is 0 Å². The van der Waals surface area contributed by atoms with Crippen LogP contribution in [0.5, 0.6) is 0 Å². The van der Waals surface area contributed by atoms with Crippen LogP contribution >= 0.6 is 0 Å². The van der Waals surface area contributed by atoms with Crippen molar-refractivity contribution in [1.29, 1.82) is 0 Å². The maximum atomic E-state index is 4.86. The second kappa shape index (κ2) is 4.15. The Morgan fingerprint density at radius 1 is 1.41 bits per heavy atom. The summed E-state index contributed by atoms with van der Waals surface area (Å²) < 4.78 is 2.22. The van der Waals surface area contributed by atoms with Crippen LogP contribution in [0.25, 0.3) is 5.65 Å². The van der Waals surface area contributed by atoms with Gasteiger partial charge in [0.05, 0.1) is 5.69 Å². The summed E-state index contributed by atoms with van der Waals surface area (Å²) in [7, 11) is 0. The van der Waals surface area contributed by atoms with Crippen LogP contribution in [0.15, 0.2) is 18.3 Å². The molecule has 0 aliphatic carbocycles. The number of pyridine rings is 1. The highest BCUT2D eigenvalue weighted by atomic mass is 15.0. The van der Waals surface area contributed by atoms with E-state index in [1.54, 1.807) is 0 Å². The summed E-state index contributed by atoms with van der Waals surface area (Å²) in [5.41, 5.74) is 4.96. The Hall–Kier alpha value is -1.35. The van der Waals surface area contributed by atoms with Gasteiger partial charge < -0.3 is 9.72 Å². The molecule has 0 radical (unpaired) electrons. The molecule has 3 heteroatoms. The van der Waals surface area contributed by atoms with Crippen molar-refractivity contribution >= 4 is 5.65 Å². The van der Waals surface area contributed by atoms with E-state index in [0.29, 0.717) is 5.92 Å². The van der Waals surface area contributed by atoms with Gasteiger partial charge in [0, 0.05) is 24.4 Å². The monoisotopic (exact) mass is 229 g/mol. The Bertz CT molecular complexity index is 536. The molecule has 3 rings (SSSR count). The van der Waals surface area contributed by atoms with Crippen LogP contribution in [0.3, 0.4) is 0 Å². The zero-order chi connectivity index (χ0) is 11.8. The lowest BCUT2D eigenvalue weighted by atomic mass is 9.95. The molecule has 17 heavy (non-hydrogen) atoms. The van der Waals surface area contributed by atoms with Crippen molar-refractivity contribution in [1.82, 2.24) is 14.7 Å². The average molecular weight is 229 g/mol. The standard InChI is InChI=1S/C14H19N3/c1-10-5-4-8-17-11(2)13(16-14(10)17)12-6-3-7-15-9-12/h4-5,8,12,15H,3,6-7,9H2,1-2H3. The fraction of sp³-hybridized carbons (Fsp3) is 0.500. The molecule has 90 valence electrons. The van der Waals surface area contributed by atoms with E-state index in [2.05, 4.69) is 41.9 Å². The Labute approximate surface area is 102 Å². The first kappa shape index (κ1) is 10.8. The first-order valence-electron chi connectivity index (χ1n) is 6.42. The topological polar surface area (TPSA) is 29.3 Å². The van der Waals surface area contributed by atoms with Gasteiger partial charge in [0.15, 0.2) is 0 Å². The van der Waals surface area contributed by atoms with E-state index < -0.39 is 0 Å². The third-order valence-electron chi connectivity index (χ3n) is 3.80. The fourth-order valence-corrected chi connectivity index (χ4v) is 2.81. The minimum absolute atomic E-state index is 0.586. The highest BCUT2D eigenvalue weighted by molar-refractivity contribution is 5.50. The summed E-state index contributed by atoms with van der Waals surface area (Å²) in [5, 5.41) is 3.47. The molecule has 0 aromatic carbocycles. The Kier molecular flexibility index (Phi) is 2.63. The molecule has 2 aromatic rings. The number of hydrogen-bond acceptors (Lipinski definition) is 2. The molecule has 3 nitrogen and oxygen atoms in total. The second-order valence-electron chi connectivity index (χ2n) is 5.01. The molecule has 0 saturated carbocycles. The number of aromatic nitrogens is 2. The Balaban J connectivity index is 2.10. The van der Waals surface area contributed by atoms with Crippen LogP contribution in [0.1, 0.15) is 35.7 Å². The van der Waals surface area contributed by atoms with Gasteiger partial charge in [-0.05, 0) is 44.9 Å². The van der Waals surface area contributed by atoms with Gasteiger partial charge in [0.25, 0.3) is 0 Å². The van der Waals surface area contributed by atoms with Gasteiger partial charge in [-0.2, -0.15) is 0 Å². The van der Waals surface area contributed by atoms with Gasteiger partial charge in [-0.1, -0.05) is 6.07 Å². The Morgan fingerprint density at radius 3 is 3.00 bits per heavy atom. The van der Waals surface area contributed by atoms with Gasteiger partial charge in [0.2, 0.25) is 0 Å². The fourth-order valence-electron chi connectivity index (χ4n) is 2.81. The third-order valence-corrected chi connectivity index (χ3v) is 3.80. The molecule has 2 aromatic heterocycles. The lowest BCUT2D eigenvalue weighted by molar-refractivity contribution is 0.454. The van der Waals surface area contributed by atoms with Gasteiger partial charge in [-0.25, -0.2) is 4.98 Å². The van der Waals surface area contributed by atoms with Crippen LogP contribution in [0, 0.1) is 13.8 Å². The number of aryl methyl sites for hydroxylation is 2. The molecule has 1 N–H and O–H groups in total. The number of fused-ring (bicyclic) bond motifs is 1. The van der Waals surface area contributed by atoms with Crippen molar-refractivity contribution in [3.05, 3.63) is 35.3 Å². The summed E-state index contributed by atoms with van der Waals surface area (Å²) in [5.74, 6) is 0.586.